The van der Waals surface area contributed by atoms with Gasteiger partial charge >= 0.3 is 12.1 Å². The summed E-state index contributed by atoms with van der Waals surface area (Å²) >= 11 is 0. The number of benzene rings is 1. The van der Waals surface area contributed by atoms with E-state index in [1.807, 2.05) is 0 Å². The van der Waals surface area contributed by atoms with Gasteiger partial charge in [0.25, 0.3) is 0 Å². The van der Waals surface area contributed by atoms with E-state index in [4.69, 9.17) is 0 Å². The van der Waals surface area contributed by atoms with Crippen LogP contribution in [0.3, 0.4) is 0 Å². The number of halogens is 3. The number of esters is 1. The molecule has 2 nitrogen and oxygen atoms in total. The summed E-state index contributed by atoms with van der Waals surface area (Å²) in [4.78, 5) is 11.0. The zero-order valence-corrected chi connectivity index (χ0v) is 6.84. The van der Waals surface area contributed by atoms with Crippen molar-refractivity contribution in [2.24, 2.45) is 0 Å². The molecular weight excluding hydrogens is 197 g/mol. The molecule has 0 spiro atoms. The Hall–Kier alpha value is -1.52. The van der Waals surface area contributed by atoms with E-state index in [-0.39, 0.29) is 11.1 Å². The van der Waals surface area contributed by atoms with E-state index in [9.17, 15) is 18.0 Å². The number of hydrogen-bond acceptors (Lipinski definition) is 2. The predicted octanol–water partition coefficient (Wildman–Crippen LogP) is 2.46. The number of ether oxygens (including phenoxy) is 1. The van der Waals surface area contributed by atoms with Crippen molar-refractivity contribution in [1.29, 1.82) is 0 Å². The van der Waals surface area contributed by atoms with Crippen LogP contribution < -0.4 is 0 Å². The highest BCUT2D eigenvalue weighted by Crippen LogP contribution is 2.41. The second kappa shape index (κ2) is 2.73. The summed E-state index contributed by atoms with van der Waals surface area (Å²) in [6.45, 7) is 0. The first kappa shape index (κ1) is 9.05. The van der Waals surface area contributed by atoms with Gasteiger partial charge < -0.3 is 4.74 Å². The first-order chi connectivity index (χ1) is 6.50. The van der Waals surface area contributed by atoms with Crippen LogP contribution >= 0.6 is 0 Å². The van der Waals surface area contributed by atoms with Crippen LogP contribution in [-0.4, -0.2) is 12.1 Å². The molecule has 5 heteroatoms. The number of alkyl halides is 3. The fourth-order valence-electron chi connectivity index (χ4n) is 1.39. The lowest BCUT2D eigenvalue weighted by molar-refractivity contribution is -0.203. The summed E-state index contributed by atoms with van der Waals surface area (Å²) in [5.74, 6) is -0.914. The standard InChI is InChI=1S/C9H5F3O2/c10-9(11,12)7-5-3-1-2-4-6(5)8(13)14-7/h1-4,7H/t7-/m0/s1. The van der Waals surface area contributed by atoms with E-state index in [2.05, 4.69) is 4.74 Å². The van der Waals surface area contributed by atoms with Gasteiger partial charge in [-0.2, -0.15) is 13.2 Å². The molecule has 74 valence electrons. The molecule has 0 bridgehead atoms. The number of rotatable bonds is 0. The smallest absolute Gasteiger partial charge is 0.429 e. The van der Waals surface area contributed by atoms with Crippen molar-refractivity contribution in [1.82, 2.24) is 0 Å². The Balaban J connectivity index is 2.50. The number of carbonyl (C=O) groups is 1. The highest BCUT2D eigenvalue weighted by molar-refractivity contribution is 5.94. The monoisotopic (exact) mass is 202 g/mol. The molecule has 0 aliphatic carbocycles. The van der Waals surface area contributed by atoms with Gasteiger partial charge in [0.05, 0.1) is 5.56 Å². The Kier molecular flexibility index (Phi) is 1.77. The largest absolute Gasteiger partial charge is 0.444 e. The highest BCUT2D eigenvalue weighted by Gasteiger charge is 2.49. The molecule has 1 aliphatic rings. The van der Waals surface area contributed by atoms with Crippen molar-refractivity contribution in [3.8, 4) is 0 Å². The molecule has 1 aliphatic heterocycles. The number of carbonyl (C=O) groups excluding carboxylic acids is 1. The van der Waals surface area contributed by atoms with Crippen LogP contribution in [0.1, 0.15) is 22.0 Å². The van der Waals surface area contributed by atoms with Crippen LogP contribution in [0.2, 0.25) is 0 Å². The quantitative estimate of drug-likeness (QED) is 0.604. The normalized spacial score (nSPS) is 20.5. The third kappa shape index (κ3) is 1.25. The second-order valence-electron chi connectivity index (χ2n) is 2.91. The summed E-state index contributed by atoms with van der Waals surface area (Å²) < 4.78 is 41.2. The van der Waals surface area contributed by atoms with Gasteiger partial charge in [-0.1, -0.05) is 18.2 Å². The van der Waals surface area contributed by atoms with Gasteiger partial charge in [-0.05, 0) is 6.07 Å². The first-order valence-corrected chi connectivity index (χ1v) is 3.87. The SMILES string of the molecule is O=C1O[C@H](C(F)(F)F)c2ccccc21. The number of fused-ring (bicyclic) bond motifs is 1. The Morgan fingerprint density at radius 1 is 1.21 bits per heavy atom. The minimum absolute atomic E-state index is 0.00479. The van der Waals surface area contributed by atoms with Crippen molar-refractivity contribution in [2.45, 2.75) is 12.3 Å². The maximum absolute atomic E-state index is 12.3. The molecule has 0 fully saturated rings. The van der Waals surface area contributed by atoms with Crippen molar-refractivity contribution in [2.75, 3.05) is 0 Å². The zero-order valence-electron chi connectivity index (χ0n) is 6.84. The first-order valence-electron chi connectivity index (χ1n) is 3.87. The lowest BCUT2D eigenvalue weighted by atomic mass is 10.1. The van der Waals surface area contributed by atoms with Crippen LogP contribution in [0.15, 0.2) is 24.3 Å². The molecule has 0 amide bonds. The minimum atomic E-state index is -4.54. The van der Waals surface area contributed by atoms with Crippen molar-refractivity contribution in [3.05, 3.63) is 35.4 Å². The Morgan fingerprint density at radius 3 is 2.50 bits per heavy atom. The van der Waals surface area contributed by atoms with Crippen LogP contribution in [0, 0.1) is 0 Å². The van der Waals surface area contributed by atoms with Gasteiger partial charge in [0.2, 0.25) is 6.10 Å². The summed E-state index contributed by atoms with van der Waals surface area (Å²) in [5, 5.41) is 0. The molecule has 1 aromatic rings. The molecule has 0 saturated carbocycles. The Bertz CT molecular complexity index is 384. The second-order valence-corrected chi connectivity index (χ2v) is 2.91. The van der Waals surface area contributed by atoms with Gasteiger partial charge in [-0.15, -0.1) is 0 Å². The third-order valence-electron chi connectivity index (χ3n) is 1.99. The Morgan fingerprint density at radius 2 is 1.86 bits per heavy atom. The molecule has 0 N–H and O–H groups in total. The lowest BCUT2D eigenvalue weighted by Crippen LogP contribution is -2.20. The van der Waals surface area contributed by atoms with E-state index >= 15 is 0 Å². The minimum Gasteiger partial charge on any atom is -0.444 e. The summed E-state index contributed by atoms with van der Waals surface area (Å²) in [5.41, 5.74) is -0.111. The maximum Gasteiger partial charge on any atom is 0.429 e. The van der Waals surface area contributed by atoms with Gasteiger partial charge in [0.1, 0.15) is 0 Å². The summed E-state index contributed by atoms with van der Waals surface area (Å²) in [6.07, 6.45) is -6.64. The zero-order chi connectivity index (χ0) is 10.3. The van der Waals surface area contributed by atoms with E-state index < -0.39 is 18.2 Å². The highest BCUT2D eigenvalue weighted by atomic mass is 19.4. The summed E-state index contributed by atoms with van der Waals surface area (Å²) in [6, 6.07) is 5.51. The fourth-order valence-corrected chi connectivity index (χ4v) is 1.39. The molecule has 0 radical (unpaired) electrons. The van der Waals surface area contributed by atoms with Gasteiger partial charge in [0.15, 0.2) is 0 Å². The van der Waals surface area contributed by atoms with Crippen molar-refractivity contribution in [3.63, 3.8) is 0 Å². The average Bonchev–Trinajstić information content (AvgIpc) is 2.44. The third-order valence-corrected chi connectivity index (χ3v) is 1.99. The molecule has 14 heavy (non-hydrogen) atoms. The van der Waals surface area contributed by atoms with E-state index in [0.717, 1.165) is 0 Å². The van der Waals surface area contributed by atoms with Crippen molar-refractivity contribution < 1.29 is 22.7 Å². The maximum atomic E-state index is 12.3. The topological polar surface area (TPSA) is 26.3 Å². The van der Waals surface area contributed by atoms with E-state index in [0.29, 0.717) is 0 Å². The van der Waals surface area contributed by atoms with E-state index in [1.54, 1.807) is 0 Å². The van der Waals surface area contributed by atoms with Crippen LogP contribution in [-0.2, 0) is 4.74 Å². The molecular formula is C9H5F3O2. The molecule has 1 atom stereocenters. The molecule has 1 heterocycles. The van der Waals surface area contributed by atoms with Gasteiger partial charge in [-0.25, -0.2) is 4.79 Å². The predicted molar refractivity (Wildman–Crippen MR) is 40.7 cm³/mol. The molecule has 1 aromatic carbocycles. The molecule has 0 aromatic heterocycles. The van der Waals surface area contributed by atoms with Crippen molar-refractivity contribution >= 4 is 5.97 Å². The van der Waals surface area contributed by atoms with Crippen LogP contribution in [0.4, 0.5) is 13.2 Å². The molecule has 2 rings (SSSR count). The number of hydrogen-bond donors (Lipinski definition) is 0. The van der Waals surface area contributed by atoms with Crippen LogP contribution in [0.5, 0.6) is 0 Å². The van der Waals surface area contributed by atoms with Gasteiger partial charge in [-0.3, -0.25) is 0 Å². The summed E-state index contributed by atoms with van der Waals surface area (Å²) in [7, 11) is 0. The van der Waals surface area contributed by atoms with Crippen LogP contribution in [0.25, 0.3) is 0 Å². The molecule has 0 saturated heterocycles. The fraction of sp³-hybridized carbons (Fsp3) is 0.222. The Labute approximate surface area is 77.3 Å². The molecule has 0 unspecified atom stereocenters. The number of cyclic esters (lactones) is 1. The van der Waals surface area contributed by atoms with E-state index in [1.165, 1.54) is 24.3 Å². The lowest BCUT2D eigenvalue weighted by Gasteiger charge is -2.13. The van der Waals surface area contributed by atoms with Gasteiger partial charge in [0, 0.05) is 5.56 Å². The average molecular weight is 202 g/mol.